The SMILES string of the molecule is CC1(c2cncc3ccccc23)CCC(Cl)C1. The number of halogens is 1. The van der Waals surface area contributed by atoms with Crippen molar-refractivity contribution in [3.8, 4) is 0 Å². The summed E-state index contributed by atoms with van der Waals surface area (Å²) < 4.78 is 0. The zero-order valence-electron chi connectivity index (χ0n) is 9.99. The number of pyridine rings is 1. The minimum Gasteiger partial charge on any atom is -0.264 e. The van der Waals surface area contributed by atoms with Gasteiger partial charge in [-0.25, -0.2) is 0 Å². The molecule has 1 saturated carbocycles. The van der Waals surface area contributed by atoms with Gasteiger partial charge in [-0.05, 0) is 35.6 Å². The molecular formula is C15H16ClN. The molecule has 1 aliphatic rings. The van der Waals surface area contributed by atoms with E-state index in [0.717, 1.165) is 19.3 Å². The summed E-state index contributed by atoms with van der Waals surface area (Å²) in [7, 11) is 0. The lowest BCUT2D eigenvalue weighted by atomic mass is 9.80. The molecule has 0 bridgehead atoms. The van der Waals surface area contributed by atoms with Crippen molar-refractivity contribution >= 4 is 22.4 Å². The zero-order valence-corrected chi connectivity index (χ0v) is 10.7. The largest absolute Gasteiger partial charge is 0.264 e. The lowest BCUT2D eigenvalue weighted by Crippen LogP contribution is -2.18. The summed E-state index contributed by atoms with van der Waals surface area (Å²) in [5, 5.41) is 2.87. The molecule has 0 radical (unpaired) electrons. The van der Waals surface area contributed by atoms with Gasteiger partial charge in [0.05, 0.1) is 0 Å². The Labute approximate surface area is 107 Å². The molecule has 0 N–H and O–H groups in total. The highest BCUT2D eigenvalue weighted by atomic mass is 35.5. The Morgan fingerprint density at radius 3 is 2.88 bits per heavy atom. The minimum atomic E-state index is 0.195. The highest BCUT2D eigenvalue weighted by Crippen LogP contribution is 2.44. The summed E-state index contributed by atoms with van der Waals surface area (Å²) in [6, 6.07) is 8.49. The third kappa shape index (κ3) is 1.83. The molecule has 1 nitrogen and oxygen atoms in total. The van der Waals surface area contributed by atoms with Crippen LogP contribution in [0.2, 0.25) is 0 Å². The van der Waals surface area contributed by atoms with Gasteiger partial charge in [0.2, 0.25) is 0 Å². The third-order valence-electron chi connectivity index (χ3n) is 4.00. The highest BCUT2D eigenvalue weighted by Gasteiger charge is 2.36. The Balaban J connectivity index is 2.17. The van der Waals surface area contributed by atoms with Gasteiger partial charge in [0.15, 0.2) is 0 Å². The average molecular weight is 246 g/mol. The standard InChI is InChI=1S/C15H16ClN/c1-15(7-6-12(16)8-15)14-10-17-9-11-4-2-3-5-13(11)14/h2-5,9-10,12H,6-8H2,1H3. The van der Waals surface area contributed by atoms with E-state index in [1.54, 1.807) is 0 Å². The number of alkyl halides is 1. The van der Waals surface area contributed by atoms with Gasteiger partial charge in [0.25, 0.3) is 0 Å². The van der Waals surface area contributed by atoms with E-state index < -0.39 is 0 Å². The van der Waals surface area contributed by atoms with Gasteiger partial charge in [-0.1, -0.05) is 31.2 Å². The molecular weight excluding hydrogens is 230 g/mol. The maximum absolute atomic E-state index is 6.28. The molecule has 1 aromatic carbocycles. The number of aromatic nitrogens is 1. The molecule has 1 fully saturated rings. The Morgan fingerprint density at radius 2 is 2.12 bits per heavy atom. The molecule has 2 aromatic rings. The monoisotopic (exact) mass is 245 g/mol. The second-order valence-electron chi connectivity index (χ2n) is 5.31. The van der Waals surface area contributed by atoms with Gasteiger partial charge in [0, 0.05) is 23.2 Å². The molecule has 17 heavy (non-hydrogen) atoms. The van der Waals surface area contributed by atoms with Crippen LogP contribution in [0.5, 0.6) is 0 Å². The van der Waals surface area contributed by atoms with Gasteiger partial charge < -0.3 is 0 Å². The van der Waals surface area contributed by atoms with Crippen LogP contribution in [-0.2, 0) is 5.41 Å². The first-order valence-electron chi connectivity index (χ1n) is 6.16. The second kappa shape index (κ2) is 3.99. The number of hydrogen-bond acceptors (Lipinski definition) is 1. The summed E-state index contributed by atoms with van der Waals surface area (Å²) >= 11 is 6.28. The van der Waals surface area contributed by atoms with Crippen molar-refractivity contribution in [3.63, 3.8) is 0 Å². The number of rotatable bonds is 1. The van der Waals surface area contributed by atoms with Crippen LogP contribution in [0.15, 0.2) is 36.7 Å². The van der Waals surface area contributed by atoms with E-state index in [4.69, 9.17) is 11.6 Å². The molecule has 88 valence electrons. The van der Waals surface area contributed by atoms with Crippen LogP contribution in [0.4, 0.5) is 0 Å². The van der Waals surface area contributed by atoms with E-state index in [1.165, 1.54) is 16.3 Å². The summed E-state index contributed by atoms with van der Waals surface area (Å²) in [4.78, 5) is 4.38. The normalized spacial score (nSPS) is 28.7. The molecule has 2 unspecified atom stereocenters. The summed E-state index contributed by atoms with van der Waals surface area (Å²) in [6.07, 6.45) is 7.30. The van der Waals surface area contributed by atoms with Crippen molar-refractivity contribution in [3.05, 3.63) is 42.2 Å². The maximum atomic E-state index is 6.28. The molecule has 1 heterocycles. The van der Waals surface area contributed by atoms with Crippen molar-refractivity contribution in [1.82, 2.24) is 4.98 Å². The van der Waals surface area contributed by atoms with Crippen molar-refractivity contribution in [2.75, 3.05) is 0 Å². The van der Waals surface area contributed by atoms with Crippen molar-refractivity contribution < 1.29 is 0 Å². The fourth-order valence-electron chi connectivity index (χ4n) is 3.01. The van der Waals surface area contributed by atoms with Crippen LogP contribution < -0.4 is 0 Å². The van der Waals surface area contributed by atoms with Crippen molar-refractivity contribution in [2.45, 2.75) is 37.0 Å². The fourth-order valence-corrected chi connectivity index (χ4v) is 3.46. The summed E-state index contributed by atoms with van der Waals surface area (Å²) in [6.45, 7) is 2.32. The molecule has 2 heteroatoms. The molecule has 1 aliphatic carbocycles. The quantitative estimate of drug-likeness (QED) is 0.684. The van der Waals surface area contributed by atoms with E-state index in [-0.39, 0.29) is 5.41 Å². The van der Waals surface area contributed by atoms with Gasteiger partial charge in [-0.15, -0.1) is 11.6 Å². The van der Waals surface area contributed by atoms with Crippen LogP contribution in [-0.4, -0.2) is 10.4 Å². The smallest absolute Gasteiger partial charge is 0.0346 e. The predicted molar refractivity (Wildman–Crippen MR) is 72.6 cm³/mol. The van der Waals surface area contributed by atoms with Crippen LogP contribution in [0.25, 0.3) is 10.8 Å². The molecule has 0 aliphatic heterocycles. The average Bonchev–Trinajstić information content (AvgIpc) is 2.70. The van der Waals surface area contributed by atoms with Crippen LogP contribution in [0.3, 0.4) is 0 Å². The lowest BCUT2D eigenvalue weighted by Gasteiger charge is -2.25. The Hall–Kier alpha value is -1.08. The zero-order chi connectivity index (χ0) is 11.9. The number of hydrogen-bond donors (Lipinski definition) is 0. The number of nitrogens with zero attached hydrogens (tertiary/aromatic N) is 1. The maximum Gasteiger partial charge on any atom is 0.0346 e. The first-order valence-corrected chi connectivity index (χ1v) is 6.60. The third-order valence-corrected chi connectivity index (χ3v) is 4.37. The number of benzene rings is 1. The first kappa shape index (κ1) is 11.0. The van der Waals surface area contributed by atoms with Crippen LogP contribution >= 0.6 is 11.6 Å². The highest BCUT2D eigenvalue weighted by molar-refractivity contribution is 6.20. The Kier molecular flexibility index (Phi) is 2.59. The van der Waals surface area contributed by atoms with Gasteiger partial charge in [-0.2, -0.15) is 0 Å². The molecule has 1 aromatic heterocycles. The van der Waals surface area contributed by atoms with E-state index in [1.807, 2.05) is 12.4 Å². The van der Waals surface area contributed by atoms with Crippen LogP contribution in [0.1, 0.15) is 31.7 Å². The van der Waals surface area contributed by atoms with E-state index in [2.05, 4.69) is 36.2 Å². The van der Waals surface area contributed by atoms with Gasteiger partial charge >= 0.3 is 0 Å². The lowest BCUT2D eigenvalue weighted by molar-refractivity contribution is 0.495. The van der Waals surface area contributed by atoms with Crippen LogP contribution in [0, 0.1) is 0 Å². The molecule has 0 amide bonds. The molecule has 0 saturated heterocycles. The van der Waals surface area contributed by atoms with E-state index >= 15 is 0 Å². The molecule has 3 rings (SSSR count). The van der Waals surface area contributed by atoms with Crippen molar-refractivity contribution in [1.29, 1.82) is 0 Å². The summed E-state index contributed by atoms with van der Waals surface area (Å²) in [5.74, 6) is 0. The second-order valence-corrected chi connectivity index (χ2v) is 5.93. The topological polar surface area (TPSA) is 12.9 Å². The predicted octanol–water partition coefficient (Wildman–Crippen LogP) is 4.28. The molecule has 2 atom stereocenters. The van der Waals surface area contributed by atoms with Gasteiger partial charge in [-0.3, -0.25) is 4.98 Å². The van der Waals surface area contributed by atoms with Crippen molar-refractivity contribution in [2.24, 2.45) is 0 Å². The van der Waals surface area contributed by atoms with E-state index in [0.29, 0.717) is 5.38 Å². The van der Waals surface area contributed by atoms with Gasteiger partial charge in [0.1, 0.15) is 0 Å². The minimum absolute atomic E-state index is 0.195. The fraction of sp³-hybridized carbons (Fsp3) is 0.400. The van der Waals surface area contributed by atoms with E-state index in [9.17, 15) is 0 Å². The number of fused-ring (bicyclic) bond motifs is 1. The summed E-state index contributed by atoms with van der Waals surface area (Å²) in [5.41, 5.74) is 1.55. The molecule has 0 spiro atoms. The Bertz CT molecular complexity index is 546. The Morgan fingerprint density at radius 1 is 1.29 bits per heavy atom. The first-order chi connectivity index (χ1) is 8.19.